The number of hydrogen-bond donors (Lipinski definition) is 2. The maximum absolute atomic E-state index is 11.8. The Labute approximate surface area is 121 Å². The Hall–Kier alpha value is -1.26. The molecule has 2 amide bonds. The maximum atomic E-state index is 11.8. The molecule has 0 saturated heterocycles. The van der Waals surface area contributed by atoms with Crippen molar-refractivity contribution >= 4 is 12.0 Å². The van der Waals surface area contributed by atoms with Crippen molar-refractivity contribution in [3.63, 3.8) is 0 Å². The Morgan fingerprint density at radius 2 is 1.60 bits per heavy atom. The van der Waals surface area contributed by atoms with Crippen molar-refractivity contribution < 1.29 is 14.3 Å². The van der Waals surface area contributed by atoms with Crippen LogP contribution < -0.4 is 10.6 Å². The molecule has 0 aromatic heterocycles. The molecule has 0 aliphatic heterocycles. The summed E-state index contributed by atoms with van der Waals surface area (Å²) in [7, 11) is 0. The molecule has 0 radical (unpaired) electrons. The Kier molecular flexibility index (Phi) is 6.82. The molecule has 0 spiro atoms. The summed E-state index contributed by atoms with van der Waals surface area (Å²) >= 11 is 0. The lowest BCUT2D eigenvalue weighted by atomic mass is 9.97. The number of alkyl carbamates (subject to hydrolysis) is 1. The topological polar surface area (TPSA) is 67.4 Å². The van der Waals surface area contributed by atoms with Crippen LogP contribution in [-0.4, -0.2) is 30.2 Å². The van der Waals surface area contributed by atoms with E-state index in [1.54, 1.807) is 20.8 Å². The number of ether oxygens (including phenoxy) is 1. The molecule has 20 heavy (non-hydrogen) atoms. The summed E-state index contributed by atoms with van der Waals surface area (Å²) in [5.74, 6) is -0.138. The Balaban J connectivity index is 2.23. The molecule has 1 saturated carbocycles. The van der Waals surface area contributed by atoms with E-state index in [1.165, 1.54) is 32.1 Å². The number of hydrogen-bond acceptors (Lipinski definition) is 3. The van der Waals surface area contributed by atoms with Gasteiger partial charge in [0.05, 0.1) is 0 Å². The molecule has 0 unspecified atom stereocenters. The highest BCUT2D eigenvalue weighted by Gasteiger charge is 2.18. The van der Waals surface area contributed by atoms with Gasteiger partial charge in [0.15, 0.2) is 0 Å². The minimum atomic E-state index is -0.551. The van der Waals surface area contributed by atoms with Gasteiger partial charge in [-0.25, -0.2) is 4.79 Å². The van der Waals surface area contributed by atoms with Crippen molar-refractivity contribution in [1.29, 1.82) is 0 Å². The Bertz CT molecular complexity index is 316. The van der Waals surface area contributed by atoms with Gasteiger partial charge in [0, 0.05) is 6.04 Å². The van der Waals surface area contributed by atoms with Crippen LogP contribution in [0.4, 0.5) is 4.79 Å². The smallest absolute Gasteiger partial charge is 0.408 e. The van der Waals surface area contributed by atoms with Gasteiger partial charge in [0.1, 0.15) is 12.1 Å². The van der Waals surface area contributed by atoms with E-state index in [0.29, 0.717) is 0 Å². The molecule has 1 rings (SSSR count). The average Bonchev–Trinajstić information content (AvgIpc) is 2.27. The van der Waals surface area contributed by atoms with Gasteiger partial charge in [-0.15, -0.1) is 0 Å². The van der Waals surface area contributed by atoms with Crippen molar-refractivity contribution in [2.45, 2.75) is 77.4 Å². The molecule has 5 nitrogen and oxygen atoms in total. The van der Waals surface area contributed by atoms with Crippen LogP contribution in [0, 0.1) is 0 Å². The molecule has 0 aromatic rings. The van der Waals surface area contributed by atoms with Crippen LogP contribution in [0.3, 0.4) is 0 Å². The second-order valence-corrected chi connectivity index (χ2v) is 6.46. The van der Waals surface area contributed by atoms with Crippen LogP contribution >= 0.6 is 0 Å². The number of carbonyl (C=O) groups is 2. The summed E-state index contributed by atoms with van der Waals surface area (Å²) in [5, 5.41) is 5.48. The molecule has 0 heterocycles. The van der Waals surface area contributed by atoms with E-state index in [-0.39, 0.29) is 18.5 Å². The zero-order valence-electron chi connectivity index (χ0n) is 13.0. The van der Waals surface area contributed by atoms with Gasteiger partial charge >= 0.3 is 6.09 Å². The lowest BCUT2D eigenvalue weighted by Crippen LogP contribution is -2.43. The third-order valence-electron chi connectivity index (χ3n) is 3.26. The predicted octanol–water partition coefficient (Wildman–Crippen LogP) is 2.74. The van der Waals surface area contributed by atoms with Crippen LogP contribution in [0.5, 0.6) is 0 Å². The lowest BCUT2D eigenvalue weighted by Gasteiger charge is -2.22. The number of amides is 2. The molecule has 5 heteroatoms. The fourth-order valence-electron chi connectivity index (χ4n) is 2.35. The monoisotopic (exact) mass is 284 g/mol. The molecule has 1 aliphatic rings. The molecule has 1 aliphatic carbocycles. The first-order chi connectivity index (χ1) is 9.37. The summed E-state index contributed by atoms with van der Waals surface area (Å²) in [6.45, 7) is 5.36. The van der Waals surface area contributed by atoms with E-state index in [2.05, 4.69) is 10.6 Å². The van der Waals surface area contributed by atoms with Gasteiger partial charge in [-0.1, -0.05) is 32.1 Å². The van der Waals surface area contributed by atoms with Crippen LogP contribution in [0.25, 0.3) is 0 Å². The molecule has 0 atom stereocenters. The molecule has 0 aromatic carbocycles. The van der Waals surface area contributed by atoms with Crippen molar-refractivity contribution in [3.8, 4) is 0 Å². The standard InChI is InChI=1S/C15H28N2O3/c1-15(2,3)20-14(19)16-11-13(18)17-12-9-7-5-4-6-8-10-12/h12H,4-11H2,1-3H3,(H,16,19)(H,17,18). The van der Waals surface area contributed by atoms with Crippen LogP contribution in [-0.2, 0) is 9.53 Å². The maximum Gasteiger partial charge on any atom is 0.408 e. The van der Waals surface area contributed by atoms with Crippen molar-refractivity contribution in [3.05, 3.63) is 0 Å². The van der Waals surface area contributed by atoms with Crippen molar-refractivity contribution in [2.75, 3.05) is 6.54 Å². The molecule has 1 fully saturated rings. The molecule has 0 bridgehead atoms. The normalized spacial score (nSPS) is 17.8. The van der Waals surface area contributed by atoms with Crippen molar-refractivity contribution in [2.24, 2.45) is 0 Å². The van der Waals surface area contributed by atoms with Gasteiger partial charge in [-0.2, -0.15) is 0 Å². The number of carbonyl (C=O) groups excluding carboxylic acids is 2. The Morgan fingerprint density at radius 3 is 2.15 bits per heavy atom. The highest BCUT2D eigenvalue weighted by Crippen LogP contribution is 2.16. The minimum absolute atomic E-state index is 0.0224. The van der Waals surface area contributed by atoms with E-state index in [0.717, 1.165) is 12.8 Å². The SMILES string of the molecule is CC(C)(C)OC(=O)NCC(=O)NC1CCCCCCC1. The van der Waals surface area contributed by atoms with Gasteiger partial charge in [0.25, 0.3) is 0 Å². The number of rotatable bonds is 3. The molecular weight excluding hydrogens is 256 g/mol. The highest BCUT2D eigenvalue weighted by atomic mass is 16.6. The van der Waals surface area contributed by atoms with E-state index < -0.39 is 11.7 Å². The first-order valence-electron chi connectivity index (χ1n) is 7.63. The summed E-state index contributed by atoms with van der Waals surface area (Å²) in [6.07, 6.45) is 7.68. The number of nitrogens with one attached hydrogen (secondary N) is 2. The molecular formula is C15H28N2O3. The van der Waals surface area contributed by atoms with Crippen LogP contribution in [0.2, 0.25) is 0 Å². The summed E-state index contributed by atoms with van der Waals surface area (Å²) in [5.41, 5.74) is -0.542. The zero-order chi connectivity index (χ0) is 15.0. The quantitative estimate of drug-likeness (QED) is 0.837. The minimum Gasteiger partial charge on any atom is -0.444 e. The lowest BCUT2D eigenvalue weighted by molar-refractivity contribution is -0.121. The van der Waals surface area contributed by atoms with Crippen LogP contribution in [0.1, 0.15) is 65.7 Å². The zero-order valence-corrected chi connectivity index (χ0v) is 13.0. The molecule has 2 N–H and O–H groups in total. The van der Waals surface area contributed by atoms with Gasteiger partial charge in [-0.3, -0.25) is 4.79 Å². The van der Waals surface area contributed by atoms with Gasteiger partial charge < -0.3 is 15.4 Å². The largest absolute Gasteiger partial charge is 0.444 e. The van der Waals surface area contributed by atoms with Gasteiger partial charge in [-0.05, 0) is 33.6 Å². The second-order valence-electron chi connectivity index (χ2n) is 6.46. The third kappa shape index (κ3) is 8.02. The summed E-state index contributed by atoms with van der Waals surface area (Å²) in [4.78, 5) is 23.2. The van der Waals surface area contributed by atoms with Crippen LogP contribution in [0.15, 0.2) is 0 Å². The van der Waals surface area contributed by atoms with E-state index >= 15 is 0 Å². The highest BCUT2D eigenvalue weighted by molar-refractivity contribution is 5.82. The van der Waals surface area contributed by atoms with E-state index in [9.17, 15) is 9.59 Å². The summed E-state index contributed by atoms with van der Waals surface area (Å²) < 4.78 is 5.08. The van der Waals surface area contributed by atoms with Crippen molar-refractivity contribution in [1.82, 2.24) is 10.6 Å². The third-order valence-corrected chi connectivity index (χ3v) is 3.26. The average molecular weight is 284 g/mol. The Morgan fingerprint density at radius 1 is 1.05 bits per heavy atom. The first-order valence-corrected chi connectivity index (χ1v) is 7.63. The fourth-order valence-corrected chi connectivity index (χ4v) is 2.35. The predicted molar refractivity (Wildman–Crippen MR) is 78.5 cm³/mol. The van der Waals surface area contributed by atoms with E-state index in [4.69, 9.17) is 4.74 Å². The first kappa shape index (κ1) is 16.8. The second kappa shape index (κ2) is 8.12. The molecule has 116 valence electrons. The fraction of sp³-hybridized carbons (Fsp3) is 0.867. The van der Waals surface area contributed by atoms with E-state index in [1.807, 2.05) is 0 Å². The summed E-state index contributed by atoms with van der Waals surface area (Å²) in [6, 6.07) is 0.253. The van der Waals surface area contributed by atoms with Gasteiger partial charge in [0.2, 0.25) is 5.91 Å².